The fourth-order valence-corrected chi connectivity index (χ4v) is 13.5. The predicted octanol–water partition coefficient (Wildman–Crippen LogP) is 12.9. The van der Waals surface area contributed by atoms with Crippen LogP contribution in [0.1, 0.15) is 152 Å². The summed E-state index contributed by atoms with van der Waals surface area (Å²) in [6, 6.07) is 21.3. The van der Waals surface area contributed by atoms with Crippen molar-refractivity contribution in [1.29, 1.82) is 0 Å². The van der Waals surface area contributed by atoms with Crippen LogP contribution in [0.4, 0.5) is 0 Å². The summed E-state index contributed by atoms with van der Waals surface area (Å²) >= 11 is 0. The van der Waals surface area contributed by atoms with Crippen LogP contribution in [0, 0.1) is 35.5 Å². The number of Topliss-reactive ketones (excluding diaryl/α,β-unsaturated/α-hetero) is 1. The summed E-state index contributed by atoms with van der Waals surface area (Å²) in [6.07, 6.45) is 6.11. The molecular weight excluding hydrogens is 861 g/mol. The Morgan fingerprint density at radius 2 is 1.33 bits per heavy atom. The molecule has 2 saturated heterocycles. The van der Waals surface area contributed by atoms with E-state index in [1.807, 2.05) is 37.3 Å². The third-order valence-electron chi connectivity index (χ3n) is 15.7. The number of hydrogen-bond donors (Lipinski definition) is 0. The molecule has 11 heteroatoms. The van der Waals surface area contributed by atoms with Crippen LogP contribution in [0.3, 0.4) is 0 Å². The summed E-state index contributed by atoms with van der Waals surface area (Å²) < 4.78 is 53.7. The number of rotatable bonds is 29. The third-order valence-corrected chi connectivity index (χ3v) is 20.4. The normalized spacial score (nSPS) is 24.9. The summed E-state index contributed by atoms with van der Waals surface area (Å²) in [4.78, 5) is 24.7. The summed E-state index contributed by atoms with van der Waals surface area (Å²) in [7, 11) is 1.25. The third kappa shape index (κ3) is 16.7. The highest BCUT2D eigenvalue weighted by Gasteiger charge is 2.48. The number of carbonyl (C=O) groups excluding carboxylic acids is 2. The van der Waals surface area contributed by atoms with Gasteiger partial charge in [-0.2, -0.15) is 0 Å². The number of methoxy groups -OCH3 is 2. The van der Waals surface area contributed by atoms with E-state index < -0.39 is 32.4 Å². The molecule has 10 nitrogen and oxygen atoms in total. The Balaban J connectivity index is 1.68. The smallest absolute Gasteiger partial charge is 0.303 e. The number of ether oxygens (including phenoxy) is 7. The van der Waals surface area contributed by atoms with E-state index in [0.29, 0.717) is 31.5 Å². The Labute approximate surface area is 407 Å². The van der Waals surface area contributed by atoms with Crippen molar-refractivity contribution in [3.05, 3.63) is 65.7 Å². The molecule has 67 heavy (non-hydrogen) atoms. The first-order valence-electron chi connectivity index (χ1n) is 26.1. The Morgan fingerprint density at radius 3 is 1.88 bits per heavy atom. The van der Waals surface area contributed by atoms with Crippen molar-refractivity contribution in [2.45, 2.75) is 221 Å². The fraction of sp³-hybridized carbons (Fsp3) is 0.750. The van der Waals surface area contributed by atoms with Gasteiger partial charge in [-0.1, -0.05) is 112 Å². The average molecular weight is 953 g/mol. The Morgan fingerprint density at radius 1 is 0.731 bits per heavy atom. The number of esters is 1. The van der Waals surface area contributed by atoms with Crippen molar-refractivity contribution in [3.8, 4) is 5.75 Å². The lowest BCUT2D eigenvalue weighted by molar-refractivity contribution is -0.338. The van der Waals surface area contributed by atoms with E-state index >= 15 is 0 Å². The molecule has 0 saturated carbocycles. The predicted molar refractivity (Wildman–Crippen MR) is 270 cm³/mol. The van der Waals surface area contributed by atoms with E-state index in [4.69, 9.17) is 37.6 Å². The van der Waals surface area contributed by atoms with Crippen molar-refractivity contribution < 1.29 is 47.2 Å². The standard InChI is InChI=1S/C56H92O10Si/c1-15-67(16-2,17-3)66-50(30-24-41(8)54-42(9)32-34-56(65-54)33-31-40(7)49(64-56)29-23-39(6)44(11)57)43(10)51(61-37-47-25-27-48(59-13)28-26-47)35-52(62-36-46-21-19-18-20-22-46)55(60-14)53(38(4)5)63-45(12)58/h18-22,25-28,38-43,49-55H,15-17,23-24,29-37H2,1-14H3/t39-,40+,41+,42-,43-,49-,50-,51-,52+,53+,54-,55-,56+/m0/s1. The highest BCUT2D eigenvalue weighted by atomic mass is 28.4. The largest absolute Gasteiger partial charge is 0.497 e. The Kier molecular flexibility index (Phi) is 23.5. The monoisotopic (exact) mass is 953 g/mol. The van der Waals surface area contributed by atoms with Gasteiger partial charge in [0.2, 0.25) is 0 Å². The minimum absolute atomic E-state index is 0.0251. The van der Waals surface area contributed by atoms with Crippen LogP contribution in [0.15, 0.2) is 54.6 Å². The molecule has 0 unspecified atom stereocenters. The molecule has 2 fully saturated rings. The van der Waals surface area contributed by atoms with Gasteiger partial charge in [-0.05, 0) is 111 Å². The van der Waals surface area contributed by atoms with Crippen LogP contribution < -0.4 is 4.74 Å². The van der Waals surface area contributed by atoms with Crippen LogP contribution in [0.5, 0.6) is 5.75 Å². The molecular formula is C56H92O10Si. The molecule has 13 atom stereocenters. The van der Waals surface area contributed by atoms with Crippen LogP contribution in [0.25, 0.3) is 0 Å². The van der Waals surface area contributed by atoms with Gasteiger partial charge in [0.15, 0.2) is 14.1 Å². The molecule has 380 valence electrons. The van der Waals surface area contributed by atoms with Gasteiger partial charge in [-0.3, -0.25) is 9.59 Å². The number of ketones is 1. The van der Waals surface area contributed by atoms with Gasteiger partial charge in [-0.25, -0.2) is 0 Å². The first-order valence-corrected chi connectivity index (χ1v) is 28.6. The van der Waals surface area contributed by atoms with E-state index in [0.717, 1.165) is 86.4 Å². The molecule has 2 aromatic rings. The van der Waals surface area contributed by atoms with Gasteiger partial charge in [-0.15, -0.1) is 0 Å². The lowest BCUT2D eigenvalue weighted by Crippen LogP contribution is -2.53. The zero-order valence-electron chi connectivity index (χ0n) is 44.2. The summed E-state index contributed by atoms with van der Waals surface area (Å²) in [5.41, 5.74) is 2.09. The van der Waals surface area contributed by atoms with Gasteiger partial charge >= 0.3 is 5.97 Å². The van der Waals surface area contributed by atoms with E-state index in [-0.39, 0.29) is 59.8 Å². The maximum absolute atomic E-state index is 12.6. The van der Waals surface area contributed by atoms with E-state index in [9.17, 15) is 9.59 Å². The van der Waals surface area contributed by atoms with Gasteiger partial charge < -0.3 is 37.6 Å². The molecule has 0 amide bonds. The maximum Gasteiger partial charge on any atom is 0.303 e. The summed E-state index contributed by atoms with van der Waals surface area (Å²) in [5.74, 6) is 1.19. The molecule has 2 aromatic carbocycles. The molecule has 0 bridgehead atoms. The topological polar surface area (TPSA) is 108 Å². The second-order valence-electron chi connectivity index (χ2n) is 20.9. The zero-order chi connectivity index (χ0) is 49.3. The first kappa shape index (κ1) is 56.9. The molecule has 4 rings (SSSR count). The van der Waals surface area contributed by atoms with E-state index in [1.165, 1.54) is 6.92 Å². The first-order chi connectivity index (χ1) is 31.9. The minimum atomic E-state index is -2.12. The quantitative estimate of drug-likeness (QED) is 0.0578. The second kappa shape index (κ2) is 27.7. The number of carbonyl (C=O) groups is 2. The van der Waals surface area contributed by atoms with Crippen molar-refractivity contribution in [1.82, 2.24) is 0 Å². The Bertz CT molecular complexity index is 1710. The van der Waals surface area contributed by atoms with Gasteiger partial charge in [0, 0.05) is 45.1 Å². The van der Waals surface area contributed by atoms with Crippen LogP contribution in [-0.2, 0) is 55.7 Å². The van der Waals surface area contributed by atoms with Crippen molar-refractivity contribution in [3.63, 3.8) is 0 Å². The number of hydrogen-bond acceptors (Lipinski definition) is 10. The molecule has 2 aliphatic rings. The maximum atomic E-state index is 12.6. The van der Waals surface area contributed by atoms with Crippen molar-refractivity contribution in [2.24, 2.45) is 35.5 Å². The second-order valence-corrected chi connectivity index (χ2v) is 25.6. The molecule has 0 aliphatic carbocycles. The summed E-state index contributed by atoms with van der Waals surface area (Å²) in [6.45, 7) is 26.2. The SMILES string of the molecule is CC[Si](CC)(CC)O[C@@H](CC[C@@H](C)[C@@H]1O[C@]2(CC[C@@H](C)[C@H](CC[C@H](C)C(C)=O)O2)CC[C@@H]1C)[C@H](C)[C@H](C[C@@H](OCc1ccccc1)[C@H](OC)[C@H](OC(C)=O)C(C)C)OCc1ccc(OC)cc1. The molecule has 2 heterocycles. The molecule has 0 radical (unpaired) electrons. The van der Waals surface area contributed by atoms with E-state index in [1.54, 1.807) is 21.1 Å². The zero-order valence-corrected chi connectivity index (χ0v) is 45.2. The highest BCUT2D eigenvalue weighted by molar-refractivity contribution is 6.73. The fourth-order valence-electron chi connectivity index (χ4n) is 10.5. The number of benzene rings is 2. The van der Waals surface area contributed by atoms with Gasteiger partial charge in [0.25, 0.3) is 0 Å². The lowest BCUT2D eigenvalue weighted by atomic mass is 9.79. The van der Waals surface area contributed by atoms with E-state index in [2.05, 4.69) is 86.6 Å². The van der Waals surface area contributed by atoms with Crippen LogP contribution in [0.2, 0.25) is 18.1 Å². The highest BCUT2D eigenvalue weighted by Crippen LogP contribution is 2.46. The van der Waals surface area contributed by atoms with Crippen LogP contribution in [-0.4, -0.2) is 82.8 Å². The molecule has 0 aromatic heterocycles. The van der Waals surface area contributed by atoms with Gasteiger partial charge in [0.05, 0.1) is 50.8 Å². The average Bonchev–Trinajstić information content (AvgIpc) is 3.32. The molecule has 2 aliphatic heterocycles. The minimum Gasteiger partial charge on any atom is -0.497 e. The van der Waals surface area contributed by atoms with Crippen molar-refractivity contribution >= 4 is 20.1 Å². The molecule has 1 spiro atoms. The van der Waals surface area contributed by atoms with Crippen LogP contribution >= 0.6 is 0 Å². The molecule has 0 N–H and O–H groups in total. The van der Waals surface area contributed by atoms with Crippen molar-refractivity contribution in [2.75, 3.05) is 14.2 Å². The lowest BCUT2D eigenvalue weighted by Gasteiger charge is -2.51. The summed E-state index contributed by atoms with van der Waals surface area (Å²) in [5, 5.41) is 0. The van der Waals surface area contributed by atoms with Gasteiger partial charge in [0.1, 0.15) is 23.7 Å². The Hall–Kier alpha value is -2.64.